The number of carbonyl (C=O) groups is 1. The number of ether oxygens (including phenoxy) is 1. The van der Waals surface area contributed by atoms with Crippen LogP contribution >= 0.6 is 0 Å². The summed E-state index contributed by atoms with van der Waals surface area (Å²) in [5, 5.41) is 20.2. The molecule has 0 unspecified atom stereocenters. The summed E-state index contributed by atoms with van der Waals surface area (Å²) in [7, 11) is 1.84. The van der Waals surface area contributed by atoms with Gasteiger partial charge >= 0.3 is 0 Å². The Labute approximate surface area is 144 Å². The normalized spacial score (nSPS) is 19.0. The lowest BCUT2D eigenvalue weighted by atomic mass is 9.79. The molecule has 1 aliphatic carbocycles. The lowest BCUT2D eigenvalue weighted by Gasteiger charge is -2.34. The number of aromatic nitrogens is 3. The molecule has 0 radical (unpaired) electrons. The third-order valence-corrected chi connectivity index (χ3v) is 4.35. The van der Waals surface area contributed by atoms with Crippen LogP contribution in [-0.4, -0.2) is 26.7 Å². The van der Waals surface area contributed by atoms with Gasteiger partial charge in [-0.25, -0.2) is 4.39 Å². The van der Waals surface area contributed by atoms with Gasteiger partial charge < -0.3 is 14.6 Å². The van der Waals surface area contributed by atoms with Gasteiger partial charge in [-0.3, -0.25) is 4.79 Å². The number of halogens is 1. The molecule has 0 spiro atoms. The van der Waals surface area contributed by atoms with E-state index in [4.69, 9.17) is 10.00 Å². The highest BCUT2D eigenvalue weighted by Gasteiger charge is 2.34. The van der Waals surface area contributed by atoms with Crippen LogP contribution in [0.25, 0.3) is 0 Å². The van der Waals surface area contributed by atoms with E-state index < -0.39 is 5.82 Å². The van der Waals surface area contributed by atoms with Crippen molar-refractivity contribution in [2.24, 2.45) is 7.05 Å². The molecule has 0 bridgehead atoms. The maximum Gasteiger partial charge on any atom is 0.217 e. The number of nitrogens with zero attached hydrogens (tertiary/aromatic N) is 4. The van der Waals surface area contributed by atoms with Crippen molar-refractivity contribution in [3.8, 4) is 11.8 Å². The number of hydrogen-bond donors (Lipinski definition) is 1. The Kier molecular flexibility index (Phi) is 4.65. The zero-order chi connectivity index (χ0) is 18.0. The predicted molar refractivity (Wildman–Crippen MR) is 86.0 cm³/mol. The predicted octanol–water partition coefficient (Wildman–Crippen LogP) is 1.79. The Balaban J connectivity index is 1.64. The molecule has 1 amide bonds. The maximum absolute atomic E-state index is 13.6. The van der Waals surface area contributed by atoms with E-state index in [0.717, 1.165) is 18.7 Å². The molecule has 1 fully saturated rings. The second-order valence-electron chi connectivity index (χ2n) is 6.11. The van der Waals surface area contributed by atoms with E-state index in [1.165, 1.54) is 19.1 Å². The first-order chi connectivity index (χ1) is 12.0. The number of benzene rings is 1. The molecule has 0 atom stereocenters. The van der Waals surface area contributed by atoms with Gasteiger partial charge in [-0.05, 0) is 25.0 Å². The molecule has 8 heteroatoms. The van der Waals surface area contributed by atoms with E-state index in [-0.39, 0.29) is 35.8 Å². The minimum Gasteiger partial charge on any atom is -0.484 e. The highest BCUT2D eigenvalue weighted by atomic mass is 19.1. The molecule has 3 rings (SSSR count). The summed E-state index contributed by atoms with van der Waals surface area (Å²) < 4.78 is 21.0. The first-order valence-corrected chi connectivity index (χ1v) is 7.96. The standard InChI is InChI=1S/C17H18FN5O2/c1-10(24)20-12-6-11(7-12)17-22-21-16(23(17)2)9-25-15-5-3-4-14(18)13(15)8-19/h3-5,11-12H,6-7,9H2,1-2H3,(H,20,24). The van der Waals surface area contributed by atoms with Gasteiger partial charge in [0.1, 0.15) is 35.6 Å². The number of carbonyl (C=O) groups excluding carboxylic acids is 1. The molecular weight excluding hydrogens is 325 g/mol. The Morgan fingerprint density at radius 2 is 2.24 bits per heavy atom. The minimum atomic E-state index is -0.614. The number of rotatable bonds is 5. The summed E-state index contributed by atoms with van der Waals surface area (Å²) in [6.45, 7) is 1.59. The zero-order valence-corrected chi connectivity index (χ0v) is 14.0. The molecule has 1 aromatic carbocycles. The van der Waals surface area contributed by atoms with E-state index in [0.29, 0.717) is 5.82 Å². The molecule has 1 heterocycles. The van der Waals surface area contributed by atoms with Crippen LogP contribution in [0.15, 0.2) is 18.2 Å². The van der Waals surface area contributed by atoms with Crippen LogP contribution in [0.4, 0.5) is 4.39 Å². The van der Waals surface area contributed by atoms with Crippen LogP contribution in [0, 0.1) is 17.1 Å². The van der Waals surface area contributed by atoms with E-state index >= 15 is 0 Å². The van der Waals surface area contributed by atoms with Gasteiger partial charge in [0.25, 0.3) is 0 Å². The van der Waals surface area contributed by atoms with Crippen molar-refractivity contribution in [2.45, 2.75) is 38.3 Å². The highest BCUT2D eigenvalue weighted by Crippen LogP contribution is 2.35. The topological polar surface area (TPSA) is 92.8 Å². The molecule has 0 aliphatic heterocycles. The third kappa shape index (κ3) is 3.45. The third-order valence-electron chi connectivity index (χ3n) is 4.35. The average Bonchev–Trinajstić information content (AvgIpc) is 2.89. The summed E-state index contributed by atoms with van der Waals surface area (Å²) in [5.41, 5.74) is -0.123. The molecule has 1 saturated carbocycles. The Bertz CT molecular complexity index is 836. The summed E-state index contributed by atoms with van der Waals surface area (Å²) in [6.07, 6.45) is 1.66. The Morgan fingerprint density at radius 1 is 1.48 bits per heavy atom. The van der Waals surface area contributed by atoms with Crippen LogP contribution in [-0.2, 0) is 18.4 Å². The number of nitrogens with one attached hydrogen (secondary N) is 1. The molecule has 1 aliphatic rings. The lowest BCUT2D eigenvalue weighted by Crippen LogP contribution is -2.43. The second-order valence-corrected chi connectivity index (χ2v) is 6.11. The first kappa shape index (κ1) is 16.9. The van der Waals surface area contributed by atoms with Crippen molar-refractivity contribution >= 4 is 5.91 Å². The average molecular weight is 343 g/mol. The first-order valence-electron chi connectivity index (χ1n) is 7.96. The van der Waals surface area contributed by atoms with E-state index in [9.17, 15) is 9.18 Å². The fourth-order valence-corrected chi connectivity index (χ4v) is 2.97. The van der Waals surface area contributed by atoms with Gasteiger partial charge in [0.15, 0.2) is 5.82 Å². The Morgan fingerprint density at radius 3 is 2.92 bits per heavy atom. The van der Waals surface area contributed by atoms with Gasteiger partial charge in [-0.15, -0.1) is 10.2 Å². The lowest BCUT2D eigenvalue weighted by molar-refractivity contribution is -0.120. The second kappa shape index (κ2) is 6.89. The van der Waals surface area contributed by atoms with Crippen molar-refractivity contribution in [2.75, 3.05) is 0 Å². The van der Waals surface area contributed by atoms with Crippen molar-refractivity contribution in [3.05, 3.63) is 41.2 Å². The van der Waals surface area contributed by atoms with Crippen molar-refractivity contribution < 1.29 is 13.9 Å². The molecular formula is C17H18FN5O2. The van der Waals surface area contributed by atoms with Gasteiger partial charge in [0.2, 0.25) is 5.91 Å². The zero-order valence-electron chi connectivity index (χ0n) is 14.0. The highest BCUT2D eigenvalue weighted by molar-refractivity contribution is 5.73. The SMILES string of the molecule is CC(=O)NC1CC(c2nnc(COc3cccc(F)c3C#N)n2C)C1. The van der Waals surface area contributed by atoms with Crippen LogP contribution in [0.1, 0.15) is 42.9 Å². The van der Waals surface area contributed by atoms with Crippen molar-refractivity contribution in [1.29, 1.82) is 5.26 Å². The monoisotopic (exact) mass is 343 g/mol. The van der Waals surface area contributed by atoms with E-state index in [1.54, 1.807) is 12.1 Å². The maximum atomic E-state index is 13.6. The fourth-order valence-electron chi connectivity index (χ4n) is 2.97. The molecule has 1 aromatic heterocycles. The summed E-state index contributed by atoms with van der Waals surface area (Å²) in [4.78, 5) is 11.0. The van der Waals surface area contributed by atoms with E-state index in [1.807, 2.05) is 11.6 Å². The minimum absolute atomic E-state index is 0.0288. The van der Waals surface area contributed by atoms with Gasteiger partial charge in [0, 0.05) is 25.9 Å². The summed E-state index contributed by atoms with van der Waals surface area (Å²) in [5.74, 6) is 1.20. The van der Waals surface area contributed by atoms with Crippen molar-refractivity contribution in [3.63, 3.8) is 0 Å². The Hall–Kier alpha value is -2.95. The fraction of sp³-hybridized carbons (Fsp3) is 0.412. The van der Waals surface area contributed by atoms with Gasteiger partial charge in [-0.1, -0.05) is 6.07 Å². The number of hydrogen-bond acceptors (Lipinski definition) is 5. The quantitative estimate of drug-likeness (QED) is 0.893. The molecule has 130 valence electrons. The summed E-state index contributed by atoms with van der Waals surface area (Å²) >= 11 is 0. The van der Waals surface area contributed by atoms with Crippen LogP contribution in [0.3, 0.4) is 0 Å². The van der Waals surface area contributed by atoms with Gasteiger partial charge in [-0.2, -0.15) is 5.26 Å². The molecule has 25 heavy (non-hydrogen) atoms. The molecule has 1 N–H and O–H groups in total. The number of nitriles is 1. The number of amides is 1. The smallest absolute Gasteiger partial charge is 0.217 e. The van der Waals surface area contributed by atoms with Gasteiger partial charge in [0.05, 0.1) is 0 Å². The molecule has 0 saturated heterocycles. The van der Waals surface area contributed by atoms with Crippen LogP contribution in [0.2, 0.25) is 0 Å². The largest absolute Gasteiger partial charge is 0.484 e. The van der Waals surface area contributed by atoms with E-state index in [2.05, 4.69) is 15.5 Å². The molecule has 2 aromatic rings. The molecule has 7 nitrogen and oxygen atoms in total. The van der Waals surface area contributed by atoms with Crippen LogP contribution < -0.4 is 10.1 Å². The summed E-state index contributed by atoms with van der Waals surface area (Å²) in [6, 6.07) is 6.24. The van der Waals surface area contributed by atoms with Crippen molar-refractivity contribution in [1.82, 2.24) is 20.1 Å². The van der Waals surface area contributed by atoms with Crippen LogP contribution in [0.5, 0.6) is 5.75 Å².